The Balaban J connectivity index is 0.00000304. The van der Waals surface area contributed by atoms with Crippen molar-refractivity contribution in [2.45, 2.75) is 18.9 Å². The molecule has 1 fully saturated rings. The number of methoxy groups -OCH3 is 1. The van der Waals surface area contributed by atoms with Crippen molar-refractivity contribution in [2.24, 2.45) is 0 Å². The van der Waals surface area contributed by atoms with Gasteiger partial charge in [-0.15, -0.1) is 0 Å². The Morgan fingerprint density at radius 3 is 2.78 bits per heavy atom. The predicted molar refractivity (Wildman–Crippen MR) is 144 cm³/mol. The summed E-state index contributed by atoms with van der Waals surface area (Å²) in [6.45, 7) is 4.13. The minimum Gasteiger partial charge on any atom is -0.496 e. The van der Waals surface area contributed by atoms with Crippen LogP contribution in [0.2, 0.25) is 0 Å². The van der Waals surface area contributed by atoms with Gasteiger partial charge < -0.3 is 24.7 Å². The zero-order chi connectivity index (χ0) is 24.4. The summed E-state index contributed by atoms with van der Waals surface area (Å²) in [5, 5.41) is 7.12. The number of nitrogens with zero attached hydrogens (tertiary/aromatic N) is 4. The van der Waals surface area contributed by atoms with Crippen molar-refractivity contribution in [3.05, 3.63) is 66.2 Å². The van der Waals surface area contributed by atoms with Gasteiger partial charge in [0.15, 0.2) is 0 Å². The number of hydrogen-bond donors (Lipinski definition) is 2. The molecule has 3 aromatic heterocycles. The van der Waals surface area contributed by atoms with E-state index >= 15 is 0 Å². The van der Waals surface area contributed by atoms with Gasteiger partial charge in [-0.25, -0.2) is 15.0 Å². The van der Waals surface area contributed by atoms with Crippen molar-refractivity contribution in [3.63, 3.8) is 0 Å². The topological polar surface area (TPSA) is 103 Å². The molecule has 0 bridgehead atoms. The standard InChI is InChI=1S/C26H28N6O3.H2S/c1-16(19-7-6-17(26(33)27-2)9-23(19)34-3)11-29-24-10-22(30-15-31-24)21-12-32(18-13-35-14-18)25-20(21)5-4-8-28-25;/h4-10,12,15-16,18H,11,13-14H2,1-3H3,(H,27,33)(H,29,30,31);1H2/t16-;/m1./s1. The van der Waals surface area contributed by atoms with Gasteiger partial charge in [0.05, 0.1) is 32.1 Å². The van der Waals surface area contributed by atoms with Crippen LogP contribution in [0.15, 0.2) is 55.1 Å². The van der Waals surface area contributed by atoms with Gasteiger partial charge in [-0.1, -0.05) is 13.0 Å². The molecule has 0 unspecified atom stereocenters. The lowest BCUT2D eigenvalue weighted by atomic mass is 9.98. The fraction of sp³-hybridized carbons (Fsp3) is 0.308. The third kappa shape index (κ3) is 4.87. The number of anilines is 1. The molecule has 9 nitrogen and oxygen atoms in total. The minimum absolute atomic E-state index is 0. The molecule has 1 saturated heterocycles. The third-order valence-corrected chi connectivity index (χ3v) is 6.39. The highest BCUT2D eigenvalue weighted by molar-refractivity contribution is 7.59. The van der Waals surface area contributed by atoms with Crippen LogP contribution in [0.4, 0.5) is 5.82 Å². The molecule has 188 valence electrons. The Hall–Kier alpha value is -3.63. The van der Waals surface area contributed by atoms with Crippen LogP contribution in [-0.4, -0.2) is 59.3 Å². The lowest BCUT2D eigenvalue weighted by Gasteiger charge is -2.27. The first-order valence-electron chi connectivity index (χ1n) is 11.6. The quantitative estimate of drug-likeness (QED) is 0.375. The average molecular weight is 507 g/mol. The van der Waals surface area contributed by atoms with Crippen LogP contribution in [-0.2, 0) is 4.74 Å². The summed E-state index contributed by atoms with van der Waals surface area (Å²) in [4.78, 5) is 25.5. The van der Waals surface area contributed by atoms with E-state index in [1.807, 2.05) is 30.5 Å². The highest BCUT2D eigenvalue weighted by atomic mass is 32.1. The summed E-state index contributed by atoms with van der Waals surface area (Å²) in [6.07, 6.45) is 5.50. The first kappa shape index (κ1) is 25.5. The molecule has 2 N–H and O–H groups in total. The van der Waals surface area contributed by atoms with Crippen LogP contribution >= 0.6 is 13.5 Å². The zero-order valence-electron chi connectivity index (χ0n) is 20.5. The second-order valence-electron chi connectivity index (χ2n) is 8.62. The van der Waals surface area contributed by atoms with E-state index < -0.39 is 0 Å². The van der Waals surface area contributed by atoms with Crippen molar-refractivity contribution in [1.82, 2.24) is 24.8 Å². The number of ether oxygens (including phenoxy) is 2. The number of aromatic nitrogens is 4. The monoisotopic (exact) mass is 506 g/mol. The summed E-state index contributed by atoms with van der Waals surface area (Å²) in [5.74, 6) is 1.39. The summed E-state index contributed by atoms with van der Waals surface area (Å²) in [6, 6.07) is 11.8. The van der Waals surface area contributed by atoms with Gasteiger partial charge in [0, 0.05) is 54.5 Å². The molecule has 5 rings (SSSR count). The maximum absolute atomic E-state index is 12.0. The van der Waals surface area contributed by atoms with Crippen LogP contribution in [0.1, 0.15) is 34.8 Å². The van der Waals surface area contributed by atoms with E-state index in [1.54, 1.807) is 26.6 Å². The van der Waals surface area contributed by atoms with Crippen LogP contribution in [0, 0.1) is 0 Å². The molecule has 1 aromatic carbocycles. The molecule has 1 atom stereocenters. The summed E-state index contributed by atoms with van der Waals surface area (Å²) < 4.78 is 13.1. The van der Waals surface area contributed by atoms with E-state index in [1.165, 1.54) is 0 Å². The number of carbonyl (C=O) groups excluding carboxylic acids is 1. The van der Waals surface area contributed by atoms with Crippen LogP contribution in [0.3, 0.4) is 0 Å². The van der Waals surface area contributed by atoms with Crippen molar-refractivity contribution < 1.29 is 14.3 Å². The Labute approximate surface area is 216 Å². The molecule has 0 saturated carbocycles. The normalized spacial score (nSPS) is 14.0. The number of hydrogen-bond acceptors (Lipinski definition) is 7. The Morgan fingerprint density at radius 2 is 2.06 bits per heavy atom. The van der Waals surface area contributed by atoms with Gasteiger partial charge in [0.2, 0.25) is 0 Å². The molecular weight excluding hydrogens is 476 g/mol. The van der Waals surface area contributed by atoms with E-state index in [0.29, 0.717) is 37.1 Å². The Morgan fingerprint density at radius 1 is 1.22 bits per heavy atom. The van der Waals surface area contributed by atoms with Crippen LogP contribution in [0.25, 0.3) is 22.3 Å². The number of amides is 1. The zero-order valence-corrected chi connectivity index (χ0v) is 21.5. The van der Waals surface area contributed by atoms with E-state index in [0.717, 1.165) is 33.7 Å². The van der Waals surface area contributed by atoms with E-state index in [4.69, 9.17) is 9.47 Å². The van der Waals surface area contributed by atoms with E-state index in [9.17, 15) is 4.79 Å². The van der Waals surface area contributed by atoms with Crippen LogP contribution < -0.4 is 15.4 Å². The molecule has 1 aliphatic heterocycles. The second-order valence-corrected chi connectivity index (χ2v) is 8.62. The Bertz CT molecular complexity index is 1370. The van der Waals surface area contributed by atoms with Crippen molar-refractivity contribution in [3.8, 4) is 17.0 Å². The van der Waals surface area contributed by atoms with Crippen molar-refractivity contribution in [1.29, 1.82) is 0 Å². The molecule has 36 heavy (non-hydrogen) atoms. The second kappa shape index (κ2) is 11.0. The molecule has 0 aliphatic carbocycles. The highest BCUT2D eigenvalue weighted by Gasteiger charge is 2.24. The number of pyridine rings is 1. The molecule has 1 aliphatic rings. The van der Waals surface area contributed by atoms with Gasteiger partial charge in [0.1, 0.15) is 23.5 Å². The smallest absolute Gasteiger partial charge is 0.251 e. The molecule has 10 heteroatoms. The van der Waals surface area contributed by atoms with Crippen molar-refractivity contribution in [2.75, 3.05) is 39.2 Å². The fourth-order valence-corrected chi connectivity index (χ4v) is 4.32. The first-order valence-corrected chi connectivity index (χ1v) is 11.6. The van der Waals surface area contributed by atoms with Crippen molar-refractivity contribution >= 4 is 36.3 Å². The molecule has 0 spiro atoms. The number of nitrogens with one attached hydrogen (secondary N) is 2. The average Bonchev–Trinajstić information content (AvgIpc) is 3.24. The highest BCUT2D eigenvalue weighted by Crippen LogP contribution is 2.33. The maximum atomic E-state index is 12.0. The molecule has 1 amide bonds. The largest absolute Gasteiger partial charge is 0.496 e. The number of carbonyl (C=O) groups is 1. The molecule has 4 aromatic rings. The van der Waals surface area contributed by atoms with Crippen LogP contribution in [0.5, 0.6) is 5.75 Å². The number of rotatable bonds is 8. The lowest BCUT2D eigenvalue weighted by Crippen LogP contribution is -2.30. The third-order valence-electron chi connectivity index (χ3n) is 6.39. The molecule has 4 heterocycles. The summed E-state index contributed by atoms with van der Waals surface area (Å²) >= 11 is 0. The van der Waals surface area contributed by atoms with E-state index in [2.05, 4.69) is 49.3 Å². The maximum Gasteiger partial charge on any atom is 0.251 e. The predicted octanol–water partition coefficient (Wildman–Crippen LogP) is 3.76. The SMILES string of the molecule is CNC(=O)c1ccc([C@H](C)CNc2cc(-c3cn(C4COC4)c4ncccc34)ncn2)c(OC)c1.S. The lowest BCUT2D eigenvalue weighted by molar-refractivity contribution is -0.0215. The minimum atomic E-state index is -0.143. The fourth-order valence-electron chi connectivity index (χ4n) is 4.32. The summed E-state index contributed by atoms with van der Waals surface area (Å²) in [7, 11) is 3.23. The van der Waals surface area contributed by atoms with Gasteiger partial charge in [0.25, 0.3) is 5.91 Å². The number of fused-ring (bicyclic) bond motifs is 1. The first-order chi connectivity index (χ1) is 17.1. The van der Waals surface area contributed by atoms with Gasteiger partial charge in [-0.05, 0) is 29.8 Å². The molecular formula is C26H30N6O3S. The number of benzene rings is 1. The Kier molecular flexibility index (Phi) is 7.76. The molecule has 0 radical (unpaired) electrons. The summed E-state index contributed by atoms with van der Waals surface area (Å²) in [5.41, 5.74) is 4.36. The van der Waals surface area contributed by atoms with Gasteiger partial charge in [-0.3, -0.25) is 4.79 Å². The van der Waals surface area contributed by atoms with Gasteiger partial charge in [-0.2, -0.15) is 13.5 Å². The van der Waals surface area contributed by atoms with E-state index in [-0.39, 0.29) is 25.3 Å². The van der Waals surface area contributed by atoms with Gasteiger partial charge >= 0.3 is 0 Å².